The van der Waals surface area contributed by atoms with Crippen molar-refractivity contribution in [3.05, 3.63) is 30.0 Å². The molecule has 0 amide bonds. The molecule has 2 aromatic rings. The molecule has 0 fully saturated rings. The second kappa shape index (κ2) is 6.68. The number of nitrogens with zero attached hydrogens (tertiary/aromatic N) is 2. The number of nitrogens with one attached hydrogen (secondary N) is 1. The van der Waals surface area contributed by atoms with Crippen molar-refractivity contribution in [2.24, 2.45) is 0 Å². The minimum absolute atomic E-state index is 0.293. The Morgan fingerprint density at radius 3 is 2.84 bits per heavy atom. The van der Waals surface area contributed by atoms with Gasteiger partial charge in [-0.05, 0) is 26.8 Å². The zero-order valence-electron chi connectivity index (χ0n) is 12.0. The fourth-order valence-corrected chi connectivity index (χ4v) is 2.14. The lowest BCUT2D eigenvalue weighted by atomic mass is 10.2. The van der Waals surface area contributed by atoms with Crippen LogP contribution in [0.15, 0.2) is 24.3 Å². The first kappa shape index (κ1) is 14.0. The van der Waals surface area contributed by atoms with Crippen LogP contribution in [0.5, 0.6) is 0 Å². The van der Waals surface area contributed by atoms with E-state index in [2.05, 4.69) is 60.1 Å². The molecule has 1 N–H and O–H groups in total. The molecule has 0 bridgehead atoms. The van der Waals surface area contributed by atoms with Gasteiger partial charge in [0.1, 0.15) is 0 Å². The van der Waals surface area contributed by atoms with Crippen LogP contribution in [0.4, 0.5) is 0 Å². The summed E-state index contributed by atoms with van der Waals surface area (Å²) in [5, 5.41) is 9.28. The summed E-state index contributed by atoms with van der Waals surface area (Å²) in [5.74, 6) is 0. The van der Waals surface area contributed by atoms with Gasteiger partial charge in [0.2, 0.25) is 0 Å². The Morgan fingerprint density at radius 1 is 1.32 bits per heavy atom. The van der Waals surface area contributed by atoms with Crippen LogP contribution >= 0.6 is 0 Å². The van der Waals surface area contributed by atoms with Gasteiger partial charge in [0.25, 0.3) is 0 Å². The number of ether oxygens (including phenoxy) is 1. The fourth-order valence-electron chi connectivity index (χ4n) is 2.14. The molecule has 0 saturated carbocycles. The zero-order valence-corrected chi connectivity index (χ0v) is 12.0. The minimum Gasteiger partial charge on any atom is -0.377 e. The number of para-hydroxylation sites is 1. The molecular formula is C15H23N3O. The quantitative estimate of drug-likeness (QED) is 0.779. The highest BCUT2D eigenvalue weighted by atomic mass is 16.5. The number of benzene rings is 1. The molecule has 1 aromatic carbocycles. The summed E-state index contributed by atoms with van der Waals surface area (Å²) in [6.45, 7) is 9.50. The van der Waals surface area contributed by atoms with Gasteiger partial charge in [-0.1, -0.05) is 18.2 Å². The molecule has 19 heavy (non-hydrogen) atoms. The van der Waals surface area contributed by atoms with Crippen molar-refractivity contribution in [1.82, 2.24) is 15.1 Å². The summed E-state index contributed by atoms with van der Waals surface area (Å²) in [4.78, 5) is 0. The van der Waals surface area contributed by atoms with E-state index in [1.54, 1.807) is 0 Å². The second-order valence-electron chi connectivity index (χ2n) is 4.88. The van der Waals surface area contributed by atoms with Gasteiger partial charge in [0.05, 0.1) is 23.9 Å². The van der Waals surface area contributed by atoms with E-state index < -0.39 is 0 Å². The highest BCUT2D eigenvalue weighted by molar-refractivity contribution is 5.81. The Morgan fingerprint density at radius 2 is 2.11 bits per heavy atom. The Hall–Kier alpha value is -1.39. The molecule has 0 radical (unpaired) electrons. The second-order valence-corrected chi connectivity index (χ2v) is 4.88. The lowest BCUT2D eigenvalue weighted by molar-refractivity contribution is 0.0807. The molecule has 104 valence electrons. The van der Waals surface area contributed by atoms with Crippen LogP contribution in [0.2, 0.25) is 0 Å². The van der Waals surface area contributed by atoms with Gasteiger partial charge in [-0.25, -0.2) is 0 Å². The van der Waals surface area contributed by atoms with Crippen LogP contribution in [0.3, 0.4) is 0 Å². The van der Waals surface area contributed by atoms with E-state index in [0.717, 1.165) is 31.9 Å². The number of hydrogen-bond donors (Lipinski definition) is 1. The van der Waals surface area contributed by atoms with E-state index in [1.807, 2.05) is 0 Å². The monoisotopic (exact) mass is 261 g/mol. The first-order valence-corrected chi connectivity index (χ1v) is 6.99. The molecule has 0 spiro atoms. The molecule has 0 unspecified atom stereocenters. The Kier molecular flexibility index (Phi) is 4.93. The summed E-state index contributed by atoms with van der Waals surface area (Å²) >= 11 is 0. The number of aromatic nitrogens is 2. The van der Waals surface area contributed by atoms with Crippen molar-refractivity contribution in [3.63, 3.8) is 0 Å². The molecule has 0 aliphatic heterocycles. The van der Waals surface area contributed by atoms with Crippen LogP contribution in [-0.4, -0.2) is 29.0 Å². The molecule has 0 aliphatic rings. The maximum atomic E-state index is 5.51. The maximum absolute atomic E-state index is 5.51. The smallest absolute Gasteiger partial charge is 0.0841 e. The Labute approximate surface area is 114 Å². The first-order chi connectivity index (χ1) is 9.22. The summed E-state index contributed by atoms with van der Waals surface area (Å²) in [6, 6.07) is 8.38. The molecule has 4 nitrogen and oxygen atoms in total. The van der Waals surface area contributed by atoms with Gasteiger partial charge in [-0.3, -0.25) is 4.68 Å². The average Bonchev–Trinajstić information content (AvgIpc) is 2.76. The molecule has 4 heteroatoms. The van der Waals surface area contributed by atoms with Crippen LogP contribution in [-0.2, 0) is 17.8 Å². The number of aryl methyl sites for hydroxylation is 1. The number of rotatable bonds is 7. The van der Waals surface area contributed by atoms with Gasteiger partial charge in [-0.15, -0.1) is 0 Å². The summed E-state index contributed by atoms with van der Waals surface area (Å²) in [7, 11) is 0. The van der Waals surface area contributed by atoms with Crippen molar-refractivity contribution in [2.45, 2.75) is 40.0 Å². The average molecular weight is 261 g/mol. The van der Waals surface area contributed by atoms with Gasteiger partial charge in [0, 0.05) is 25.0 Å². The summed E-state index contributed by atoms with van der Waals surface area (Å²) in [6.07, 6.45) is 0.293. The lowest BCUT2D eigenvalue weighted by Gasteiger charge is -2.07. The van der Waals surface area contributed by atoms with Crippen molar-refractivity contribution < 1.29 is 4.74 Å². The van der Waals surface area contributed by atoms with Crippen LogP contribution in [0, 0.1) is 0 Å². The minimum atomic E-state index is 0.293. The van der Waals surface area contributed by atoms with E-state index in [4.69, 9.17) is 4.74 Å². The third-order valence-electron chi connectivity index (χ3n) is 3.06. The Bertz CT molecular complexity index is 519. The van der Waals surface area contributed by atoms with E-state index >= 15 is 0 Å². The molecule has 1 heterocycles. The highest BCUT2D eigenvalue weighted by Crippen LogP contribution is 2.17. The standard InChI is InChI=1S/C15H23N3O/c1-4-18-15-8-6-5-7-13(15)14(17-18)11-16-9-10-19-12(2)3/h5-8,12,16H,4,9-11H2,1-3H3. The van der Waals surface area contributed by atoms with Crippen molar-refractivity contribution in [3.8, 4) is 0 Å². The van der Waals surface area contributed by atoms with Crippen molar-refractivity contribution in [2.75, 3.05) is 13.2 Å². The van der Waals surface area contributed by atoms with Gasteiger partial charge in [0.15, 0.2) is 0 Å². The van der Waals surface area contributed by atoms with Crippen LogP contribution in [0.1, 0.15) is 26.5 Å². The first-order valence-electron chi connectivity index (χ1n) is 6.99. The molecular weight excluding hydrogens is 238 g/mol. The fraction of sp³-hybridized carbons (Fsp3) is 0.533. The summed E-state index contributed by atoms with van der Waals surface area (Å²) < 4.78 is 7.56. The van der Waals surface area contributed by atoms with Gasteiger partial charge >= 0.3 is 0 Å². The van der Waals surface area contributed by atoms with Crippen LogP contribution < -0.4 is 5.32 Å². The SMILES string of the molecule is CCn1nc(CNCCOC(C)C)c2ccccc21. The van der Waals surface area contributed by atoms with Crippen LogP contribution in [0.25, 0.3) is 10.9 Å². The largest absolute Gasteiger partial charge is 0.377 e. The van der Waals surface area contributed by atoms with E-state index in [-0.39, 0.29) is 0 Å². The molecule has 0 saturated heterocycles. The predicted octanol–water partition coefficient (Wildman–Crippen LogP) is 2.57. The number of fused-ring (bicyclic) bond motifs is 1. The molecule has 2 rings (SSSR count). The lowest BCUT2D eigenvalue weighted by Crippen LogP contribution is -2.21. The van der Waals surface area contributed by atoms with E-state index in [9.17, 15) is 0 Å². The zero-order chi connectivity index (χ0) is 13.7. The van der Waals surface area contributed by atoms with Crippen molar-refractivity contribution >= 4 is 10.9 Å². The highest BCUT2D eigenvalue weighted by Gasteiger charge is 2.08. The van der Waals surface area contributed by atoms with E-state index in [0.29, 0.717) is 6.10 Å². The molecule has 0 atom stereocenters. The van der Waals surface area contributed by atoms with Gasteiger partial charge < -0.3 is 10.1 Å². The van der Waals surface area contributed by atoms with E-state index in [1.165, 1.54) is 10.9 Å². The summed E-state index contributed by atoms with van der Waals surface area (Å²) in [5.41, 5.74) is 2.32. The molecule has 1 aromatic heterocycles. The Balaban J connectivity index is 1.97. The predicted molar refractivity (Wildman–Crippen MR) is 78.2 cm³/mol. The topological polar surface area (TPSA) is 39.1 Å². The normalized spacial score (nSPS) is 11.6. The van der Waals surface area contributed by atoms with Crippen molar-refractivity contribution in [1.29, 1.82) is 0 Å². The van der Waals surface area contributed by atoms with Gasteiger partial charge in [-0.2, -0.15) is 5.10 Å². The third kappa shape index (κ3) is 3.55. The third-order valence-corrected chi connectivity index (χ3v) is 3.06. The molecule has 0 aliphatic carbocycles. The maximum Gasteiger partial charge on any atom is 0.0841 e. The number of hydrogen-bond acceptors (Lipinski definition) is 3.